The van der Waals surface area contributed by atoms with Crippen LogP contribution in [0.2, 0.25) is 0 Å². The number of hydrogen-bond donors (Lipinski definition) is 1. The first kappa shape index (κ1) is 39.9. The van der Waals surface area contributed by atoms with E-state index in [1.165, 1.54) is 38.5 Å². The number of rotatable bonds is 7. The molecule has 3 fully saturated rings. The maximum absolute atomic E-state index is 13.5. The molecule has 3 aliphatic heterocycles. The van der Waals surface area contributed by atoms with Gasteiger partial charge in [-0.2, -0.15) is 0 Å². The van der Waals surface area contributed by atoms with Gasteiger partial charge < -0.3 is 29.1 Å². The van der Waals surface area contributed by atoms with E-state index in [9.17, 15) is 19.5 Å². The predicted octanol–water partition coefficient (Wildman–Crippen LogP) is 7.12. The van der Waals surface area contributed by atoms with Crippen LogP contribution in [0.4, 0.5) is 9.59 Å². The Kier molecular flexibility index (Phi) is 15.3. The molecule has 50 heavy (non-hydrogen) atoms. The number of cyclic esters (lactones) is 1. The smallest absolute Gasteiger partial charge is 0.410 e. The Morgan fingerprint density at radius 1 is 0.960 bits per heavy atom. The molecule has 0 aromatic rings. The van der Waals surface area contributed by atoms with E-state index in [4.69, 9.17) is 14.2 Å². The summed E-state index contributed by atoms with van der Waals surface area (Å²) in [6, 6.07) is 0.612. The molecule has 0 aromatic carbocycles. The first-order valence-electron chi connectivity index (χ1n) is 19.4. The number of hydrogen-bond acceptors (Lipinski definition) is 8. The van der Waals surface area contributed by atoms with Crippen molar-refractivity contribution in [3.8, 4) is 0 Å². The SMILES string of the molecule is C/C(=C\C=C\[C@@H](C)COC(=O)N1CC[C@H](C)C1)[C@H]1OC(=O)C[C@H](C)CC[C@@](C)(O)[C@@H](OC(=O)N2CCN(C3CCCCCC3)CC2)/C=C/[C@@H]1C. The second-order valence-corrected chi connectivity index (χ2v) is 16.0. The lowest BCUT2D eigenvalue weighted by Gasteiger charge is -2.40. The van der Waals surface area contributed by atoms with Crippen molar-refractivity contribution in [1.82, 2.24) is 14.7 Å². The molecule has 10 heteroatoms. The van der Waals surface area contributed by atoms with Gasteiger partial charge in [0, 0.05) is 63.6 Å². The zero-order chi connectivity index (χ0) is 36.3. The van der Waals surface area contributed by atoms with Crippen LogP contribution in [0.15, 0.2) is 36.0 Å². The second-order valence-electron chi connectivity index (χ2n) is 16.0. The molecule has 0 radical (unpaired) electrons. The normalized spacial score (nSPS) is 32.8. The summed E-state index contributed by atoms with van der Waals surface area (Å²) in [6.45, 7) is 16.5. The third kappa shape index (κ3) is 12.1. The van der Waals surface area contributed by atoms with Gasteiger partial charge >= 0.3 is 18.2 Å². The summed E-state index contributed by atoms with van der Waals surface area (Å²) in [5.41, 5.74) is -0.445. The van der Waals surface area contributed by atoms with Crippen molar-refractivity contribution in [2.45, 2.75) is 130 Å². The number of allylic oxidation sites excluding steroid dienone is 2. The quantitative estimate of drug-likeness (QED) is 0.0984. The molecule has 2 amide bonds. The predicted molar refractivity (Wildman–Crippen MR) is 195 cm³/mol. The molecule has 7 atom stereocenters. The van der Waals surface area contributed by atoms with Crippen LogP contribution in [0.1, 0.15) is 106 Å². The van der Waals surface area contributed by atoms with Crippen LogP contribution in [-0.4, -0.2) is 108 Å². The van der Waals surface area contributed by atoms with Crippen LogP contribution in [0.5, 0.6) is 0 Å². The zero-order valence-corrected chi connectivity index (χ0v) is 31.7. The van der Waals surface area contributed by atoms with Gasteiger partial charge in [-0.1, -0.05) is 77.7 Å². The molecule has 0 spiro atoms. The maximum Gasteiger partial charge on any atom is 0.410 e. The van der Waals surface area contributed by atoms with Gasteiger partial charge in [0.25, 0.3) is 0 Å². The zero-order valence-electron chi connectivity index (χ0n) is 31.7. The summed E-state index contributed by atoms with van der Waals surface area (Å²) in [5, 5.41) is 11.6. The fourth-order valence-electron chi connectivity index (χ4n) is 7.64. The molecule has 1 N–H and O–H groups in total. The van der Waals surface area contributed by atoms with Crippen LogP contribution in [-0.2, 0) is 19.0 Å². The molecule has 1 saturated carbocycles. The van der Waals surface area contributed by atoms with Gasteiger partial charge in [0.15, 0.2) is 6.10 Å². The third-order valence-electron chi connectivity index (χ3n) is 11.1. The third-order valence-corrected chi connectivity index (χ3v) is 11.1. The summed E-state index contributed by atoms with van der Waals surface area (Å²) in [4.78, 5) is 45.0. The minimum absolute atomic E-state index is 0.0116. The van der Waals surface area contributed by atoms with E-state index in [2.05, 4.69) is 11.8 Å². The standard InChI is InChI=1S/C40H65N3O7/c1-29-18-20-40(6,47)35(49-39(46)42-24-22-41(23-25-42)34-14-9-7-8-10-15-34)17-16-33(5)37(50-36(44)26-29)32(4)13-11-12-31(3)28-48-38(45)43-21-19-30(2)27-43/h11-13,16-17,29-31,33-35,37,47H,7-10,14-15,18-28H2,1-6H3/b12-11+,17-16+,32-13+/t29-,30+,31-,33+,35+,37-,40-/m1/s1. The second kappa shape index (κ2) is 19.1. The number of esters is 1. The van der Waals surface area contributed by atoms with Crippen molar-refractivity contribution in [3.63, 3.8) is 0 Å². The minimum Gasteiger partial charge on any atom is -0.457 e. The highest BCUT2D eigenvalue weighted by Crippen LogP contribution is 2.29. The van der Waals surface area contributed by atoms with Crippen molar-refractivity contribution in [2.75, 3.05) is 45.9 Å². The Morgan fingerprint density at radius 2 is 1.66 bits per heavy atom. The molecule has 0 bridgehead atoms. The summed E-state index contributed by atoms with van der Waals surface area (Å²) in [5.74, 6) is -0.0216. The Bertz CT molecular complexity index is 1200. The Balaban J connectivity index is 1.39. The molecule has 3 heterocycles. The van der Waals surface area contributed by atoms with Crippen LogP contribution in [0.3, 0.4) is 0 Å². The molecule has 2 saturated heterocycles. The number of carbonyl (C=O) groups is 3. The first-order chi connectivity index (χ1) is 23.8. The van der Waals surface area contributed by atoms with Gasteiger partial charge in [-0.3, -0.25) is 9.69 Å². The average molecular weight is 700 g/mol. The van der Waals surface area contributed by atoms with Crippen molar-refractivity contribution >= 4 is 18.2 Å². The average Bonchev–Trinajstić information content (AvgIpc) is 3.34. The number of amides is 2. The molecular formula is C40H65N3O7. The molecular weight excluding hydrogens is 634 g/mol. The number of ether oxygens (including phenoxy) is 3. The highest BCUT2D eigenvalue weighted by molar-refractivity contribution is 5.70. The minimum atomic E-state index is -1.30. The maximum atomic E-state index is 13.5. The van der Waals surface area contributed by atoms with Crippen molar-refractivity contribution in [1.29, 1.82) is 0 Å². The van der Waals surface area contributed by atoms with Gasteiger partial charge in [0.1, 0.15) is 11.7 Å². The van der Waals surface area contributed by atoms with E-state index in [-0.39, 0.29) is 36.2 Å². The topological polar surface area (TPSA) is 109 Å². The van der Waals surface area contributed by atoms with E-state index in [0.717, 1.165) is 38.2 Å². The first-order valence-corrected chi connectivity index (χ1v) is 19.4. The van der Waals surface area contributed by atoms with Gasteiger partial charge in [-0.05, 0) is 69.4 Å². The van der Waals surface area contributed by atoms with Gasteiger partial charge in [-0.15, -0.1) is 0 Å². The van der Waals surface area contributed by atoms with Crippen LogP contribution in [0.25, 0.3) is 0 Å². The fraction of sp³-hybridized carbons (Fsp3) is 0.775. The molecule has 10 nitrogen and oxygen atoms in total. The lowest BCUT2D eigenvalue weighted by Crippen LogP contribution is -2.53. The molecule has 4 rings (SSSR count). The monoisotopic (exact) mass is 699 g/mol. The number of piperazine rings is 1. The van der Waals surface area contributed by atoms with Gasteiger partial charge in [0.05, 0.1) is 6.61 Å². The largest absolute Gasteiger partial charge is 0.457 e. The van der Waals surface area contributed by atoms with E-state index in [1.54, 1.807) is 22.8 Å². The lowest BCUT2D eigenvalue weighted by molar-refractivity contribution is -0.150. The van der Waals surface area contributed by atoms with E-state index in [1.807, 2.05) is 52.0 Å². The van der Waals surface area contributed by atoms with Gasteiger partial charge in [-0.25, -0.2) is 9.59 Å². The highest BCUT2D eigenvalue weighted by Gasteiger charge is 2.37. The van der Waals surface area contributed by atoms with E-state index < -0.39 is 23.9 Å². The van der Waals surface area contributed by atoms with Crippen molar-refractivity contribution in [3.05, 3.63) is 36.0 Å². The van der Waals surface area contributed by atoms with Gasteiger partial charge in [0.2, 0.25) is 0 Å². The molecule has 0 aromatic heterocycles. The van der Waals surface area contributed by atoms with Crippen LogP contribution >= 0.6 is 0 Å². The summed E-state index contributed by atoms with van der Waals surface area (Å²) >= 11 is 0. The Hall–Kier alpha value is -2.85. The summed E-state index contributed by atoms with van der Waals surface area (Å²) in [6.07, 6.45) is 17.4. The fourth-order valence-corrected chi connectivity index (χ4v) is 7.64. The van der Waals surface area contributed by atoms with E-state index >= 15 is 0 Å². The molecule has 0 unspecified atom stereocenters. The number of nitrogens with zero attached hydrogens (tertiary/aromatic N) is 3. The Labute approximate surface area is 301 Å². The summed E-state index contributed by atoms with van der Waals surface area (Å²) in [7, 11) is 0. The van der Waals surface area contributed by atoms with E-state index in [0.29, 0.717) is 44.5 Å². The van der Waals surface area contributed by atoms with Crippen LogP contribution < -0.4 is 0 Å². The Morgan fingerprint density at radius 3 is 2.32 bits per heavy atom. The van der Waals surface area contributed by atoms with Crippen LogP contribution in [0, 0.1) is 23.7 Å². The van der Waals surface area contributed by atoms with Crippen molar-refractivity contribution in [2.24, 2.45) is 23.7 Å². The highest BCUT2D eigenvalue weighted by atomic mass is 16.6. The van der Waals surface area contributed by atoms with Crippen molar-refractivity contribution < 1.29 is 33.7 Å². The molecule has 1 aliphatic carbocycles. The number of carbonyl (C=O) groups excluding carboxylic acids is 3. The molecule has 4 aliphatic rings. The lowest BCUT2D eigenvalue weighted by atomic mass is 9.87. The summed E-state index contributed by atoms with van der Waals surface area (Å²) < 4.78 is 17.7. The number of likely N-dealkylation sites (tertiary alicyclic amines) is 1. The number of aliphatic hydroxyl groups is 1. The molecule has 282 valence electrons.